The molecule has 4 rings (SSSR count). The fraction of sp³-hybridized carbons (Fsp3) is 0.769. The van der Waals surface area contributed by atoms with E-state index in [2.05, 4.69) is 15.5 Å². The summed E-state index contributed by atoms with van der Waals surface area (Å²) < 4.78 is 0. The maximum Gasteiger partial charge on any atom is 0.229 e. The largest absolute Gasteiger partial charge is 0.300 e. The molecule has 3 fully saturated rings. The van der Waals surface area contributed by atoms with Crippen LogP contribution in [0.5, 0.6) is 0 Å². The molecule has 18 heavy (non-hydrogen) atoms. The van der Waals surface area contributed by atoms with Gasteiger partial charge in [-0.1, -0.05) is 17.8 Å². The van der Waals surface area contributed by atoms with E-state index in [9.17, 15) is 4.79 Å². The van der Waals surface area contributed by atoms with Crippen LogP contribution in [0.15, 0.2) is 0 Å². The maximum absolute atomic E-state index is 12.2. The standard InChI is InChI=1S/C13H17N3OS/c17-11(10-6-7-1-2-9(10)5-7)14-13-16-15-12(18-13)8-3-4-8/h7-10H,1-6H2,(H,14,16,17). The fourth-order valence-corrected chi connectivity index (χ4v) is 4.46. The van der Waals surface area contributed by atoms with Crippen molar-refractivity contribution in [2.75, 3.05) is 5.32 Å². The maximum atomic E-state index is 12.2. The molecule has 96 valence electrons. The summed E-state index contributed by atoms with van der Waals surface area (Å²) in [7, 11) is 0. The van der Waals surface area contributed by atoms with Crippen LogP contribution in [-0.2, 0) is 4.79 Å². The lowest BCUT2D eigenvalue weighted by atomic mass is 9.88. The summed E-state index contributed by atoms with van der Waals surface area (Å²) in [4.78, 5) is 12.2. The Morgan fingerprint density at radius 2 is 2.06 bits per heavy atom. The van der Waals surface area contributed by atoms with Crippen LogP contribution < -0.4 is 5.32 Å². The Balaban J connectivity index is 1.42. The van der Waals surface area contributed by atoms with Gasteiger partial charge < -0.3 is 5.32 Å². The summed E-state index contributed by atoms with van der Waals surface area (Å²) in [6.07, 6.45) is 7.39. The molecule has 3 saturated carbocycles. The van der Waals surface area contributed by atoms with E-state index < -0.39 is 0 Å². The number of anilines is 1. The Morgan fingerprint density at radius 1 is 1.17 bits per heavy atom. The molecule has 1 N–H and O–H groups in total. The van der Waals surface area contributed by atoms with E-state index in [1.807, 2.05) is 0 Å². The van der Waals surface area contributed by atoms with E-state index in [0.29, 0.717) is 17.0 Å². The average Bonchev–Trinajstić information content (AvgIpc) is 2.82. The van der Waals surface area contributed by atoms with E-state index >= 15 is 0 Å². The number of nitrogens with one attached hydrogen (secondary N) is 1. The molecule has 1 aromatic heterocycles. The minimum atomic E-state index is 0.181. The third kappa shape index (κ3) is 1.85. The van der Waals surface area contributed by atoms with E-state index in [-0.39, 0.29) is 11.8 Å². The minimum Gasteiger partial charge on any atom is -0.300 e. The highest BCUT2D eigenvalue weighted by Gasteiger charge is 2.43. The lowest BCUT2D eigenvalue weighted by Crippen LogP contribution is -2.27. The number of hydrogen-bond donors (Lipinski definition) is 1. The lowest BCUT2D eigenvalue weighted by Gasteiger charge is -2.19. The molecule has 1 amide bonds. The smallest absolute Gasteiger partial charge is 0.229 e. The zero-order valence-corrected chi connectivity index (χ0v) is 11.1. The van der Waals surface area contributed by atoms with Crippen molar-refractivity contribution < 1.29 is 4.79 Å². The minimum absolute atomic E-state index is 0.181. The predicted octanol–water partition coefficient (Wildman–Crippen LogP) is 2.79. The van der Waals surface area contributed by atoms with Gasteiger partial charge in [0.25, 0.3) is 0 Å². The highest BCUT2D eigenvalue weighted by Crippen LogP contribution is 2.48. The van der Waals surface area contributed by atoms with Crippen molar-refractivity contribution in [3.8, 4) is 0 Å². The fourth-order valence-electron chi connectivity index (χ4n) is 3.54. The monoisotopic (exact) mass is 263 g/mol. The van der Waals surface area contributed by atoms with Gasteiger partial charge in [-0.25, -0.2) is 0 Å². The molecule has 1 heterocycles. The summed E-state index contributed by atoms with van der Waals surface area (Å²) in [5, 5.41) is 13.0. The molecule has 0 spiro atoms. The number of fused-ring (bicyclic) bond motifs is 2. The Hall–Kier alpha value is -0.970. The van der Waals surface area contributed by atoms with Crippen LogP contribution in [0, 0.1) is 17.8 Å². The lowest BCUT2D eigenvalue weighted by molar-refractivity contribution is -0.121. The molecule has 2 bridgehead atoms. The van der Waals surface area contributed by atoms with Crippen molar-refractivity contribution in [1.82, 2.24) is 10.2 Å². The SMILES string of the molecule is O=C(Nc1nnc(C2CC2)s1)C1CC2CCC1C2. The zero-order chi connectivity index (χ0) is 12.1. The molecular weight excluding hydrogens is 246 g/mol. The van der Waals surface area contributed by atoms with Gasteiger partial charge in [-0.05, 0) is 43.9 Å². The summed E-state index contributed by atoms with van der Waals surface area (Å²) in [5.41, 5.74) is 0. The van der Waals surface area contributed by atoms with Crippen molar-refractivity contribution in [3.63, 3.8) is 0 Å². The molecule has 0 saturated heterocycles. The molecule has 5 heteroatoms. The van der Waals surface area contributed by atoms with Crippen molar-refractivity contribution in [1.29, 1.82) is 0 Å². The Bertz CT molecular complexity index is 482. The number of amides is 1. The van der Waals surface area contributed by atoms with E-state index in [0.717, 1.165) is 17.3 Å². The first-order chi connectivity index (χ1) is 8.79. The number of rotatable bonds is 3. The molecule has 3 aliphatic rings. The summed E-state index contributed by atoms with van der Waals surface area (Å²) in [6.45, 7) is 0. The van der Waals surface area contributed by atoms with E-state index in [4.69, 9.17) is 0 Å². The Morgan fingerprint density at radius 3 is 2.72 bits per heavy atom. The molecule has 3 unspecified atom stereocenters. The van der Waals surface area contributed by atoms with Gasteiger partial charge in [0.2, 0.25) is 11.0 Å². The molecule has 4 nitrogen and oxygen atoms in total. The highest BCUT2D eigenvalue weighted by atomic mass is 32.1. The highest BCUT2D eigenvalue weighted by molar-refractivity contribution is 7.15. The molecule has 0 radical (unpaired) electrons. The third-order valence-electron chi connectivity index (χ3n) is 4.67. The van der Waals surface area contributed by atoms with Crippen LogP contribution in [0.3, 0.4) is 0 Å². The molecule has 3 aliphatic carbocycles. The van der Waals surface area contributed by atoms with Crippen molar-refractivity contribution in [2.45, 2.75) is 44.4 Å². The Kier molecular flexibility index (Phi) is 2.43. The summed E-state index contributed by atoms with van der Waals surface area (Å²) >= 11 is 1.56. The second-order valence-corrected chi connectivity index (χ2v) is 7.00. The molecule has 3 atom stereocenters. The first-order valence-electron chi connectivity index (χ1n) is 6.94. The first kappa shape index (κ1) is 10.9. The summed E-state index contributed by atoms with van der Waals surface area (Å²) in [5.74, 6) is 2.47. The van der Waals surface area contributed by atoms with Crippen molar-refractivity contribution in [3.05, 3.63) is 5.01 Å². The number of carbonyl (C=O) groups excluding carboxylic acids is 1. The van der Waals surface area contributed by atoms with Crippen LogP contribution in [0.25, 0.3) is 0 Å². The van der Waals surface area contributed by atoms with Crippen molar-refractivity contribution in [2.24, 2.45) is 17.8 Å². The topological polar surface area (TPSA) is 54.9 Å². The van der Waals surface area contributed by atoms with Crippen LogP contribution in [0.4, 0.5) is 5.13 Å². The van der Waals surface area contributed by atoms with E-state index in [1.54, 1.807) is 11.3 Å². The third-order valence-corrected chi connectivity index (χ3v) is 5.67. The van der Waals surface area contributed by atoms with Gasteiger partial charge in [0.15, 0.2) is 0 Å². The second kappa shape index (κ2) is 4.02. The van der Waals surface area contributed by atoms with Crippen LogP contribution in [0.2, 0.25) is 0 Å². The number of nitrogens with zero attached hydrogens (tertiary/aromatic N) is 2. The van der Waals surface area contributed by atoms with Crippen LogP contribution in [-0.4, -0.2) is 16.1 Å². The molecule has 0 aliphatic heterocycles. The predicted molar refractivity (Wildman–Crippen MR) is 69.5 cm³/mol. The van der Waals surface area contributed by atoms with Crippen LogP contribution >= 0.6 is 11.3 Å². The second-order valence-electron chi connectivity index (χ2n) is 5.99. The molecule has 1 aromatic rings. The molecule has 0 aromatic carbocycles. The normalized spacial score (nSPS) is 33.9. The first-order valence-corrected chi connectivity index (χ1v) is 7.75. The Labute approximate surface area is 110 Å². The van der Waals surface area contributed by atoms with Crippen molar-refractivity contribution >= 4 is 22.4 Å². The van der Waals surface area contributed by atoms with Gasteiger partial charge in [-0.2, -0.15) is 0 Å². The van der Waals surface area contributed by atoms with Gasteiger partial charge in [-0.15, -0.1) is 10.2 Å². The number of carbonyl (C=O) groups is 1. The number of aromatic nitrogens is 2. The quantitative estimate of drug-likeness (QED) is 0.912. The van der Waals surface area contributed by atoms with Gasteiger partial charge >= 0.3 is 0 Å². The number of hydrogen-bond acceptors (Lipinski definition) is 4. The van der Waals surface area contributed by atoms with E-state index in [1.165, 1.54) is 32.1 Å². The molecular formula is C13H17N3OS. The van der Waals surface area contributed by atoms with Gasteiger partial charge in [-0.3, -0.25) is 4.79 Å². The van der Waals surface area contributed by atoms with Gasteiger partial charge in [0.1, 0.15) is 5.01 Å². The zero-order valence-electron chi connectivity index (χ0n) is 10.3. The van der Waals surface area contributed by atoms with Gasteiger partial charge in [0.05, 0.1) is 0 Å². The average molecular weight is 263 g/mol. The van der Waals surface area contributed by atoms with Gasteiger partial charge in [0, 0.05) is 11.8 Å². The van der Waals surface area contributed by atoms with Crippen LogP contribution in [0.1, 0.15) is 49.5 Å². The summed E-state index contributed by atoms with van der Waals surface area (Å²) in [6, 6.07) is 0.